The van der Waals surface area contributed by atoms with Crippen molar-refractivity contribution in [2.24, 2.45) is 5.92 Å². The van der Waals surface area contributed by atoms with Gasteiger partial charge in [0.25, 0.3) is 0 Å². The third kappa shape index (κ3) is 2.40. The maximum Gasteiger partial charge on any atom is 0.163 e. The van der Waals surface area contributed by atoms with Gasteiger partial charge in [0.1, 0.15) is 0 Å². The minimum Gasteiger partial charge on any atom is -0.362 e. The van der Waals surface area contributed by atoms with Crippen LogP contribution in [0, 0.1) is 5.92 Å². The summed E-state index contributed by atoms with van der Waals surface area (Å²) in [4.78, 5) is 23.4. The van der Waals surface area contributed by atoms with Crippen molar-refractivity contribution < 1.29 is 9.59 Å². The number of hydrogen-bond acceptors (Lipinski definition) is 3. The Morgan fingerprint density at radius 1 is 1.12 bits per heavy atom. The van der Waals surface area contributed by atoms with Gasteiger partial charge in [-0.3, -0.25) is 9.59 Å². The van der Waals surface area contributed by atoms with Gasteiger partial charge in [0, 0.05) is 34.9 Å². The minimum atomic E-state index is -0.0293. The van der Waals surface area contributed by atoms with Crippen molar-refractivity contribution in [2.45, 2.75) is 41.0 Å². The zero-order chi connectivity index (χ0) is 12.5. The van der Waals surface area contributed by atoms with Gasteiger partial charge in [-0.2, -0.15) is 0 Å². The first-order chi connectivity index (χ1) is 7.34. The predicted octanol–water partition coefficient (Wildman–Crippen LogP) is 2.34. The number of nitrogens with one attached hydrogen (secondary N) is 1. The molecular weight excluding hydrogens is 202 g/mol. The van der Waals surface area contributed by atoms with E-state index in [2.05, 4.69) is 5.32 Å². The zero-order valence-electron chi connectivity index (χ0n) is 10.6. The van der Waals surface area contributed by atoms with Crippen molar-refractivity contribution in [3.05, 3.63) is 22.5 Å². The van der Waals surface area contributed by atoms with Crippen molar-refractivity contribution in [1.29, 1.82) is 0 Å². The number of carbonyl (C=O) groups is 2. The Hall–Kier alpha value is -1.38. The van der Waals surface area contributed by atoms with E-state index in [9.17, 15) is 9.59 Å². The highest BCUT2D eigenvalue weighted by molar-refractivity contribution is 6.02. The summed E-state index contributed by atoms with van der Waals surface area (Å²) in [5.41, 5.74) is 3.20. The molecule has 0 spiro atoms. The maximum atomic E-state index is 12.0. The molecule has 1 rings (SSSR count). The number of dihydropyridines is 1. The smallest absolute Gasteiger partial charge is 0.163 e. The highest BCUT2D eigenvalue weighted by atomic mass is 16.1. The average molecular weight is 221 g/mol. The van der Waals surface area contributed by atoms with Crippen molar-refractivity contribution in [1.82, 2.24) is 5.32 Å². The van der Waals surface area contributed by atoms with Crippen LogP contribution in [-0.2, 0) is 9.59 Å². The number of Topliss-reactive ketones (excluding diaryl/α,β-unsaturated/α-hetero) is 2. The Kier molecular flexibility index (Phi) is 3.68. The van der Waals surface area contributed by atoms with Crippen molar-refractivity contribution in [3.8, 4) is 0 Å². The molecule has 3 heteroatoms. The molecule has 0 atom stereocenters. The normalized spacial score (nSPS) is 16.6. The highest BCUT2D eigenvalue weighted by Crippen LogP contribution is 2.25. The van der Waals surface area contributed by atoms with E-state index >= 15 is 0 Å². The number of carbonyl (C=O) groups excluding carboxylic acids is 2. The number of rotatable bonds is 3. The van der Waals surface area contributed by atoms with Crippen LogP contribution in [0.2, 0.25) is 0 Å². The van der Waals surface area contributed by atoms with Gasteiger partial charge in [0.05, 0.1) is 0 Å². The van der Waals surface area contributed by atoms with Crippen LogP contribution in [0.15, 0.2) is 22.5 Å². The molecule has 0 saturated heterocycles. The SMILES string of the molecule is CC(=O)C1=C(C)NC(C)=C(C(=O)C(C)C)C1. The molecule has 0 aromatic rings. The van der Waals surface area contributed by atoms with E-state index in [1.807, 2.05) is 27.7 Å². The molecule has 0 aromatic heterocycles. The molecule has 1 aliphatic rings. The van der Waals surface area contributed by atoms with Crippen LogP contribution >= 0.6 is 0 Å². The second-order valence-corrected chi connectivity index (χ2v) is 4.58. The third-order valence-corrected chi connectivity index (χ3v) is 2.88. The van der Waals surface area contributed by atoms with Crippen LogP contribution in [-0.4, -0.2) is 11.6 Å². The summed E-state index contributed by atoms with van der Waals surface area (Å²) in [6, 6.07) is 0. The first kappa shape index (κ1) is 12.7. The van der Waals surface area contributed by atoms with Gasteiger partial charge in [-0.15, -0.1) is 0 Å². The molecule has 0 radical (unpaired) electrons. The predicted molar refractivity (Wildman–Crippen MR) is 63.7 cm³/mol. The molecule has 0 fully saturated rings. The summed E-state index contributed by atoms with van der Waals surface area (Å²) in [7, 11) is 0. The summed E-state index contributed by atoms with van der Waals surface area (Å²) >= 11 is 0. The highest BCUT2D eigenvalue weighted by Gasteiger charge is 2.24. The van der Waals surface area contributed by atoms with E-state index in [0.717, 1.165) is 22.5 Å². The Balaban J connectivity index is 3.03. The summed E-state index contributed by atoms with van der Waals surface area (Å²) in [6.07, 6.45) is 0.469. The molecule has 0 aromatic carbocycles. The van der Waals surface area contributed by atoms with Crippen molar-refractivity contribution in [3.63, 3.8) is 0 Å². The molecule has 1 aliphatic heterocycles. The standard InChI is InChI=1S/C13H19NO2/c1-7(2)13(16)12-6-11(10(5)15)8(3)14-9(12)4/h7,14H,6H2,1-5H3. The monoisotopic (exact) mass is 221 g/mol. The second-order valence-electron chi connectivity index (χ2n) is 4.58. The first-order valence-electron chi connectivity index (χ1n) is 5.56. The van der Waals surface area contributed by atoms with Gasteiger partial charge in [0.15, 0.2) is 11.6 Å². The van der Waals surface area contributed by atoms with E-state index in [-0.39, 0.29) is 17.5 Å². The molecule has 88 valence electrons. The van der Waals surface area contributed by atoms with Crippen LogP contribution < -0.4 is 5.32 Å². The van der Waals surface area contributed by atoms with Gasteiger partial charge in [-0.25, -0.2) is 0 Å². The first-order valence-corrected chi connectivity index (χ1v) is 5.56. The molecule has 0 bridgehead atoms. The van der Waals surface area contributed by atoms with Crippen LogP contribution in [0.3, 0.4) is 0 Å². The van der Waals surface area contributed by atoms with E-state index in [4.69, 9.17) is 0 Å². The summed E-state index contributed by atoms with van der Waals surface area (Å²) in [5.74, 6) is 0.126. The molecule has 0 unspecified atom stereocenters. The Morgan fingerprint density at radius 2 is 1.62 bits per heavy atom. The summed E-state index contributed by atoms with van der Waals surface area (Å²) < 4.78 is 0. The fourth-order valence-corrected chi connectivity index (χ4v) is 1.88. The van der Waals surface area contributed by atoms with Gasteiger partial charge in [-0.1, -0.05) is 13.8 Å². The Labute approximate surface area is 96.6 Å². The fraction of sp³-hybridized carbons (Fsp3) is 0.538. The zero-order valence-corrected chi connectivity index (χ0v) is 10.6. The third-order valence-electron chi connectivity index (χ3n) is 2.88. The second kappa shape index (κ2) is 4.64. The van der Waals surface area contributed by atoms with Crippen molar-refractivity contribution in [2.75, 3.05) is 0 Å². The van der Waals surface area contributed by atoms with Crippen LogP contribution in [0.25, 0.3) is 0 Å². The largest absolute Gasteiger partial charge is 0.362 e. The lowest BCUT2D eigenvalue weighted by Crippen LogP contribution is -2.26. The lowest BCUT2D eigenvalue weighted by molar-refractivity contribution is -0.118. The quantitative estimate of drug-likeness (QED) is 0.795. The number of hydrogen-bond donors (Lipinski definition) is 1. The van der Waals surface area contributed by atoms with Crippen LogP contribution in [0.5, 0.6) is 0 Å². The lowest BCUT2D eigenvalue weighted by Gasteiger charge is -2.23. The van der Waals surface area contributed by atoms with Gasteiger partial charge in [-0.05, 0) is 20.8 Å². The number of ketones is 2. The molecule has 0 aliphatic carbocycles. The summed E-state index contributed by atoms with van der Waals surface area (Å²) in [5, 5.41) is 3.11. The molecule has 0 amide bonds. The Bertz CT molecular complexity index is 400. The molecular formula is C13H19NO2. The van der Waals surface area contributed by atoms with Gasteiger partial charge in [0.2, 0.25) is 0 Å². The van der Waals surface area contributed by atoms with E-state index in [0.29, 0.717) is 6.42 Å². The number of allylic oxidation sites excluding steroid dienone is 4. The molecule has 1 N–H and O–H groups in total. The van der Waals surface area contributed by atoms with Crippen LogP contribution in [0.4, 0.5) is 0 Å². The summed E-state index contributed by atoms with van der Waals surface area (Å²) in [6.45, 7) is 9.05. The fourth-order valence-electron chi connectivity index (χ4n) is 1.88. The molecule has 1 heterocycles. The molecule has 0 saturated carbocycles. The van der Waals surface area contributed by atoms with Gasteiger partial charge < -0.3 is 5.32 Å². The van der Waals surface area contributed by atoms with Crippen molar-refractivity contribution >= 4 is 11.6 Å². The van der Waals surface area contributed by atoms with Crippen LogP contribution in [0.1, 0.15) is 41.0 Å². The van der Waals surface area contributed by atoms with Gasteiger partial charge >= 0.3 is 0 Å². The average Bonchev–Trinajstić information content (AvgIpc) is 2.16. The Morgan fingerprint density at radius 3 is 2.06 bits per heavy atom. The topological polar surface area (TPSA) is 46.2 Å². The van der Waals surface area contributed by atoms with E-state index in [1.54, 1.807) is 6.92 Å². The maximum absolute atomic E-state index is 12.0. The van der Waals surface area contributed by atoms with E-state index < -0.39 is 0 Å². The van der Waals surface area contributed by atoms with E-state index in [1.165, 1.54) is 0 Å². The molecule has 3 nitrogen and oxygen atoms in total. The minimum absolute atomic E-state index is 0.0293. The molecule has 16 heavy (non-hydrogen) atoms. The lowest BCUT2D eigenvalue weighted by atomic mass is 9.89.